The summed E-state index contributed by atoms with van der Waals surface area (Å²) in [6.45, 7) is 2.79. The number of ether oxygens (including phenoxy) is 1. The van der Waals surface area contributed by atoms with Crippen molar-refractivity contribution < 1.29 is 9.53 Å². The Morgan fingerprint density at radius 3 is 1.56 bits per heavy atom. The maximum atomic E-state index is 11.8. The van der Waals surface area contributed by atoms with Gasteiger partial charge < -0.3 is 10.5 Å². The fourth-order valence-corrected chi connectivity index (χ4v) is 3.34. The predicted octanol–water partition coefficient (Wildman–Crippen LogP) is 7.30. The first-order chi connectivity index (χ1) is 13.2. The molecule has 0 atom stereocenters. The summed E-state index contributed by atoms with van der Waals surface area (Å²) in [5, 5.41) is 0. The van der Waals surface area contributed by atoms with E-state index in [1.165, 1.54) is 83.5 Å². The monoisotopic (exact) mass is 375 g/mol. The quantitative estimate of drug-likeness (QED) is 0.176. The van der Waals surface area contributed by atoms with Gasteiger partial charge in [-0.1, -0.05) is 96.8 Å². The Labute approximate surface area is 167 Å². The highest BCUT2D eigenvalue weighted by atomic mass is 16.5. The van der Waals surface area contributed by atoms with Crippen molar-refractivity contribution in [3.63, 3.8) is 0 Å². The van der Waals surface area contributed by atoms with E-state index >= 15 is 0 Å². The second-order valence-electron chi connectivity index (χ2n) is 7.71. The first kappa shape index (κ1) is 23.5. The lowest BCUT2D eigenvalue weighted by molar-refractivity contribution is 0.0497. The molecule has 0 bridgehead atoms. The molecule has 0 amide bonds. The van der Waals surface area contributed by atoms with Crippen LogP contribution < -0.4 is 5.73 Å². The first-order valence-electron chi connectivity index (χ1n) is 11.3. The fourth-order valence-electron chi connectivity index (χ4n) is 3.34. The molecule has 154 valence electrons. The molecule has 0 aliphatic carbocycles. The van der Waals surface area contributed by atoms with Crippen LogP contribution >= 0.6 is 0 Å². The molecule has 2 N–H and O–H groups in total. The number of nitrogen functional groups attached to an aromatic ring is 1. The van der Waals surface area contributed by atoms with Gasteiger partial charge in [0.15, 0.2) is 0 Å². The molecule has 1 aromatic rings. The van der Waals surface area contributed by atoms with Crippen molar-refractivity contribution >= 4 is 11.7 Å². The smallest absolute Gasteiger partial charge is 0.338 e. The second kappa shape index (κ2) is 16.6. The molecular weight excluding hydrogens is 334 g/mol. The summed E-state index contributed by atoms with van der Waals surface area (Å²) >= 11 is 0. The summed E-state index contributed by atoms with van der Waals surface area (Å²) in [5.41, 5.74) is 6.85. The van der Waals surface area contributed by atoms with Gasteiger partial charge in [0.05, 0.1) is 12.2 Å². The Bertz CT molecular complexity index is 470. The Balaban J connectivity index is 1.80. The molecule has 0 radical (unpaired) electrons. The number of carbonyl (C=O) groups excluding carboxylic acids is 1. The zero-order chi connectivity index (χ0) is 19.6. The molecule has 0 unspecified atom stereocenters. The summed E-state index contributed by atoms with van der Waals surface area (Å²) in [7, 11) is 0. The van der Waals surface area contributed by atoms with Crippen molar-refractivity contribution in [1.82, 2.24) is 0 Å². The van der Waals surface area contributed by atoms with E-state index in [0.717, 1.165) is 12.8 Å². The van der Waals surface area contributed by atoms with Crippen LogP contribution in [0.4, 0.5) is 5.69 Å². The summed E-state index contributed by atoms with van der Waals surface area (Å²) in [6.07, 6.45) is 20.1. The highest BCUT2D eigenvalue weighted by Gasteiger charge is 2.05. The van der Waals surface area contributed by atoms with Gasteiger partial charge in [0, 0.05) is 5.69 Å². The molecule has 27 heavy (non-hydrogen) atoms. The molecule has 0 aromatic heterocycles. The summed E-state index contributed by atoms with van der Waals surface area (Å²) in [4.78, 5) is 11.8. The molecule has 0 saturated heterocycles. The van der Waals surface area contributed by atoms with E-state index in [1.807, 2.05) is 0 Å². The van der Waals surface area contributed by atoms with Gasteiger partial charge in [-0.05, 0) is 30.7 Å². The van der Waals surface area contributed by atoms with Gasteiger partial charge in [0.25, 0.3) is 0 Å². The van der Waals surface area contributed by atoms with Gasteiger partial charge in [0.2, 0.25) is 0 Å². The highest BCUT2D eigenvalue weighted by Crippen LogP contribution is 2.13. The number of unbranched alkanes of at least 4 members (excludes halogenated alkanes) is 14. The molecule has 0 aliphatic rings. The minimum absolute atomic E-state index is 0.250. The van der Waals surface area contributed by atoms with Gasteiger partial charge in [-0.3, -0.25) is 0 Å². The van der Waals surface area contributed by atoms with E-state index in [9.17, 15) is 4.79 Å². The van der Waals surface area contributed by atoms with E-state index in [-0.39, 0.29) is 5.97 Å². The molecule has 0 heterocycles. The number of nitrogens with two attached hydrogens (primary N) is 1. The Kier molecular flexibility index (Phi) is 14.5. The number of anilines is 1. The number of benzene rings is 1. The molecule has 1 rings (SSSR count). The maximum Gasteiger partial charge on any atom is 0.338 e. The predicted molar refractivity (Wildman–Crippen MR) is 116 cm³/mol. The van der Waals surface area contributed by atoms with Crippen molar-refractivity contribution in [3.05, 3.63) is 29.8 Å². The van der Waals surface area contributed by atoms with Crippen molar-refractivity contribution in [2.45, 2.75) is 103 Å². The minimum atomic E-state index is -0.250. The molecule has 0 fully saturated rings. The molecular formula is C24H41NO2. The average molecular weight is 376 g/mol. The second-order valence-corrected chi connectivity index (χ2v) is 7.71. The summed E-state index contributed by atoms with van der Waals surface area (Å²) < 4.78 is 5.30. The summed E-state index contributed by atoms with van der Waals surface area (Å²) in [6, 6.07) is 6.88. The first-order valence-corrected chi connectivity index (χ1v) is 11.3. The SMILES string of the molecule is CCCCCCCCCCCCCCCCCOC(=O)c1ccc(N)cc1. The van der Waals surface area contributed by atoms with E-state index in [2.05, 4.69) is 6.92 Å². The van der Waals surface area contributed by atoms with Gasteiger partial charge >= 0.3 is 5.97 Å². The number of esters is 1. The van der Waals surface area contributed by atoms with E-state index in [4.69, 9.17) is 10.5 Å². The van der Waals surface area contributed by atoms with Crippen molar-refractivity contribution in [2.24, 2.45) is 0 Å². The molecule has 3 heteroatoms. The molecule has 3 nitrogen and oxygen atoms in total. The summed E-state index contributed by atoms with van der Waals surface area (Å²) in [5.74, 6) is -0.250. The number of carbonyl (C=O) groups is 1. The number of hydrogen-bond donors (Lipinski definition) is 1. The lowest BCUT2D eigenvalue weighted by Gasteiger charge is -2.05. The van der Waals surface area contributed by atoms with Crippen LogP contribution in [0.2, 0.25) is 0 Å². The van der Waals surface area contributed by atoms with Crippen LogP contribution in [0, 0.1) is 0 Å². The lowest BCUT2D eigenvalue weighted by Crippen LogP contribution is -2.06. The Morgan fingerprint density at radius 2 is 1.11 bits per heavy atom. The van der Waals surface area contributed by atoms with Crippen LogP contribution in [-0.4, -0.2) is 12.6 Å². The van der Waals surface area contributed by atoms with Crippen molar-refractivity contribution in [1.29, 1.82) is 0 Å². The maximum absolute atomic E-state index is 11.8. The van der Waals surface area contributed by atoms with Gasteiger partial charge in [0.1, 0.15) is 0 Å². The van der Waals surface area contributed by atoms with Crippen LogP contribution in [0.1, 0.15) is 114 Å². The normalized spacial score (nSPS) is 10.9. The molecule has 0 spiro atoms. The zero-order valence-corrected chi connectivity index (χ0v) is 17.5. The van der Waals surface area contributed by atoms with Gasteiger partial charge in [-0.2, -0.15) is 0 Å². The highest BCUT2D eigenvalue weighted by molar-refractivity contribution is 5.89. The molecule has 0 aliphatic heterocycles. The Hall–Kier alpha value is -1.51. The third-order valence-electron chi connectivity index (χ3n) is 5.13. The zero-order valence-electron chi connectivity index (χ0n) is 17.5. The fraction of sp³-hybridized carbons (Fsp3) is 0.708. The number of rotatable bonds is 17. The Morgan fingerprint density at radius 1 is 0.704 bits per heavy atom. The number of hydrogen-bond acceptors (Lipinski definition) is 3. The molecule has 0 saturated carbocycles. The van der Waals surface area contributed by atoms with Crippen LogP contribution in [0.3, 0.4) is 0 Å². The van der Waals surface area contributed by atoms with Crippen LogP contribution in [0.15, 0.2) is 24.3 Å². The van der Waals surface area contributed by atoms with Crippen LogP contribution in [-0.2, 0) is 4.74 Å². The standard InChI is InChI=1S/C24H41NO2/c1-2-3-4-5-6-7-8-9-10-11-12-13-14-15-16-21-27-24(26)22-17-19-23(25)20-18-22/h17-20H,2-16,21,25H2,1H3. The van der Waals surface area contributed by atoms with E-state index in [1.54, 1.807) is 24.3 Å². The topological polar surface area (TPSA) is 52.3 Å². The lowest BCUT2D eigenvalue weighted by atomic mass is 10.0. The van der Waals surface area contributed by atoms with E-state index < -0.39 is 0 Å². The molecule has 1 aromatic carbocycles. The minimum Gasteiger partial charge on any atom is -0.462 e. The van der Waals surface area contributed by atoms with Crippen molar-refractivity contribution in [2.75, 3.05) is 12.3 Å². The van der Waals surface area contributed by atoms with Crippen LogP contribution in [0.25, 0.3) is 0 Å². The van der Waals surface area contributed by atoms with Crippen LogP contribution in [0.5, 0.6) is 0 Å². The largest absolute Gasteiger partial charge is 0.462 e. The van der Waals surface area contributed by atoms with Gasteiger partial charge in [-0.15, -0.1) is 0 Å². The average Bonchev–Trinajstić information content (AvgIpc) is 2.68. The third-order valence-corrected chi connectivity index (χ3v) is 5.13. The van der Waals surface area contributed by atoms with Crippen molar-refractivity contribution in [3.8, 4) is 0 Å². The van der Waals surface area contributed by atoms with Gasteiger partial charge in [-0.25, -0.2) is 4.79 Å². The third kappa shape index (κ3) is 13.3. The van der Waals surface area contributed by atoms with E-state index in [0.29, 0.717) is 17.9 Å².